The number of rotatable bonds is 6. The molecule has 0 unspecified atom stereocenters. The molecule has 0 aromatic heterocycles. The molecule has 128 valence electrons. The number of aryl methyl sites for hydroxylation is 2. The fraction of sp³-hybridized carbons (Fsp3) is 0.562. The number of hydrogen-bond donors (Lipinski definition) is 1. The van der Waals surface area contributed by atoms with Gasteiger partial charge in [-0.3, -0.25) is 4.79 Å². The Kier molecular flexibility index (Phi) is 5.78. The van der Waals surface area contributed by atoms with Crippen LogP contribution >= 0.6 is 0 Å². The lowest BCUT2D eigenvalue weighted by molar-refractivity contribution is -0.131. The minimum atomic E-state index is -3.89. The van der Waals surface area contributed by atoms with Crippen molar-refractivity contribution in [3.63, 3.8) is 0 Å². The number of sulfonamides is 1. The Morgan fingerprint density at radius 3 is 2.74 bits per heavy atom. The molecule has 2 rings (SSSR count). The first kappa shape index (κ1) is 17.9. The lowest BCUT2D eigenvalue weighted by Gasteiger charge is -2.16. The summed E-state index contributed by atoms with van der Waals surface area (Å²) in [5.74, 6) is -0.679. The highest BCUT2D eigenvalue weighted by Gasteiger charge is 2.24. The highest BCUT2D eigenvalue weighted by Crippen LogP contribution is 2.15. The van der Waals surface area contributed by atoms with Crippen molar-refractivity contribution in [1.82, 2.24) is 4.72 Å². The fourth-order valence-corrected chi connectivity index (χ4v) is 3.39. The van der Waals surface area contributed by atoms with E-state index >= 15 is 0 Å². The molecule has 1 amide bonds. The molecule has 1 N–H and O–H groups in total. The van der Waals surface area contributed by atoms with Crippen molar-refractivity contribution in [3.8, 4) is 0 Å². The summed E-state index contributed by atoms with van der Waals surface area (Å²) < 4.78 is 37.4. The van der Waals surface area contributed by atoms with Gasteiger partial charge in [-0.2, -0.15) is 0 Å². The van der Waals surface area contributed by atoms with Gasteiger partial charge in [-0.05, 0) is 56.9 Å². The maximum Gasteiger partial charge on any atom is 0.264 e. The molecule has 0 saturated carbocycles. The molecular formula is C16H23NO5S. The molecule has 1 aliphatic rings. The van der Waals surface area contributed by atoms with Crippen LogP contribution in [0.3, 0.4) is 0 Å². The van der Waals surface area contributed by atoms with E-state index in [1.54, 1.807) is 12.1 Å². The number of carbonyl (C=O) groups excluding carboxylic acids is 1. The van der Waals surface area contributed by atoms with Crippen LogP contribution < -0.4 is 4.72 Å². The van der Waals surface area contributed by atoms with Crippen molar-refractivity contribution in [3.05, 3.63) is 29.3 Å². The summed E-state index contributed by atoms with van der Waals surface area (Å²) >= 11 is 0. The summed E-state index contributed by atoms with van der Waals surface area (Å²) in [6, 6.07) is 4.74. The predicted molar refractivity (Wildman–Crippen MR) is 85.6 cm³/mol. The first-order chi connectivity index (χ1) is 10.8. The standard InChI is InChI=1S/C16H23NO5S/c1-11-6-7-15(9-12(11)2)23(19,20)17-16(18)13(3)22-10-14-5-4-8-21-14/h6-7,9,13-14H,4-5,8,10H2,1-3H3,(H,17,18)/t13-,14-/m0/s1. The van der Waals surface area contributed by atoms with Gasteiger partial charge in [0.15, 0.2) is 0 Å². The Labute approximate surface area is 137 Å². The molecule has 6 nitrogen and oxygen atoms in total. The van der Waals surface area contributed by atoms with Crippen LogP contribution in [-0.2, 0) is 24.3 Å². The van der Waals surface area contributed by atoms with Gasteiger partial charge in [-0.1, -0.05) is 6.07 Å². The maximum absolute atomic E-state index is 12.3. The van der Waals surface area contributed by atoms with Crippen molar-refractivity contribution < 1.29 is 22.7 Å². The Balaban J connectivity index is 1.95. The SMILES string of the molecule is Cc1ccc(S(=O)(=O)NC(=O)[C@H](C)OC[C@@H]2CCCO2)cc1C. The molecule has 0 aliphatic carbocycles. The van der Waals surface area contributed by atoms with E-state index in [0.29, 0.717) is 6.61 Å². The summed E-state index contributed by atoms with van der Waals surface area (Å²) in [4.78, 5) is 12.1. The van der Waals surface area contributed by atoms with Crippen LogP contribution in [0.4, 0.5) is 0 Å². The minimum absolute atomic E-state index is 0.0124. The van der Waals surface area contributed by atoms with Crippen LogP contribution in [0.2, 0.25) is 0 Å². The van der Waals surface area contributed by atoms with Gasteiger partial charge in [0.05, 0.1) is 17.6 Å². The lowest BCUT2D eigenvalue weighted by Crippen LogP contribution is -2.39. The fourth-order valence-electron chi connectivity index (χ4n) is 2.26. The average molecular weight is 341 g/mol. The molecule has 0 bridgehead atoms. The summed E-state index contributed by atoms with van der Waals surface area (Å²) in [5.41, 5.74) is 1.84. The number of ether oxygens (including phenoxy) is 2. The van der Waals surface area contributed by atoms with E-state index < -0.39 is 22.0 Å². The number of nitrogens with one attached hydrogen (secondary N) is 1. The zero-order chi connectivity index (χ0) is 17.0. The van der Waals surface area contributed by atoms with Gasteiger partial charge in [-0.15, -0.1) is 0 Å². The summed E-state index contributed by atoms with van der Waals surface area (Å²) in [5, 5.41) is 0. The van der Waals surface area contributed by atoms with Crippen molar-refractivity contribution in [2.45, 2.75) is 50.7 Å². The van der Waals surface area contributed by atoms with Crippen LogP contribution in [0, 0.1) is 13.8 Å². The first-order valence-electron chi connectivity index (χ1n) is 7.67. The summed E-state index contributed by atoms with van der Waals surface area (Å²) in [7, 11) is -3.89. The van der Waals surface area contributed by atoms with Gasteiger partial charge >= 0.3 is 0 Å². The second-order valence-electron chi connectivity index (χ2n) is 5.83. The zero-order valence-corrected chi connectivity index (χ0v) is 14.5. The molecular weight excluding hydrogens is 318 g/mol. The topological polar surface area (TPSA) is 81.7 Å². The Morgan fingerprint density at radius 1 is 1.39 bits per heavy atom. The van der Waals surface area contributed by atoms with E-state index in [4.69, 9.17) is 9.47 Å². The van der Waals surface area contributed by atoms with E-state index in [0.717, 1.165) is 24.0 Å². The third-order valence-corrected chi connectivity index (χ3v) is 5.29. The number of carbonyl (C=O) groups is 1. The van der Waals surface area contributed by atoms with E-state index in [1.165, 1.54) is 13.0 Å². The van der Waals surface area contributed by atoms with Gasteiger partial charge in [0.1, 0.15) is 6.10 Å². The normalized spacial score (nSPS) is 19.5. The van der Waals surface area contributed by atoms with Crippen LogP contribution in [-0.4, -0.2) is 39.7 Å². The third kappa shape index (κ3) is 4.76. The molecule has 1 heterocycles. The van der Waals surface area contributed by atoms with Crippen LogP contribution in [0.5, 0.6) is 0 Å². The van der Waals surface area contributed by atoms with Gasteiger partial charge in [-0.25, -0.2) is 13.1 Å². The second-order valence-corrected chi connectivity index (χ2v) is 7.51. The first-order valence-corrected chi connectivity index (χ1v) is 9.15. The lowest BCUT2D eigenvalue weighted by atomic mass is 10.1. The second kappa shape index (κ2) is 7.42. The van der Waals surface area contributed by atoms with Gasteiger partial charge < -0.3 is 9.47 Å². The Morgan fingerprint density at radius 2 is 2.13 bits per heavy atom. The van der Waals surface area contributed by atoms with Crippen molar-refractivity contribution >= 4 is 15.9 Å². The van der Waals surface area contributed by atoms with E-state index in [2.05, 4.69) is 4.72 Å². The highest BCUT2D eigenvalue weighted by molar-refractivity contribution is 7.90. The molecule has 1 fully saturated rings. The van der Waals surface area contributed by atoms with Gasteiger partial charge in [0.25, 0.3) is 15.9 Å². The van der Waals surface area contributed by atoms with Crippen molar-refractivity contribution in [1.29, 1.82) is 0 Å². The molecule has 1 aliphatic heterocycles. The largest absolute Gasteiger partial charge is 0.376 e. The van der Waals surface area contributed by atoms with Gasteiger partial charge in [0, 0.05) is 6.61 Å². The predicted octanol–water partition coefficient (Wildman–Crippen LogP) is 1.69. The number of hydrogen-bond acceptors (Lipinski definition) is 5. The molecule has 23 heavy (non-hydrogen) atoms. The average Bonchev–Trinajstić information content (AvgIpc) is 3.00. The molecule has 0 spiro atoms. The molecule has 1 aromatic carbocycles. The molecule has 1 aromatic rings. The molecule has 7 heteroatoms. The third-order valence-electron chi connectivity index (χ3n) is 3.95. The zero-order valence-electron chi connectivity index (χ0n) is 13.7. The maximum atomic E-state index is 12.3. The summed E-state index contributed by atoms with van der Waals surface area (Å²) in [6.45, 7) is 6.24. The Bertz CT molecular complexity index is 665. The monoisotopic (exact) mass is 341 g/mol. The smallest absolute Gasteiger partial charge is 0.264 e. The van der Waals surface area contributed by atoms with E-state index in [-0.39, 0.29) is 17.6 Å². The van der Waals surface area contributed by atoms with Crippen LogP contribution in [0.1, 0.15) is 30.9 Å². The van der Waals surface area contributed by atoms with E-state index in [9.17, 15) is 13.2 Å². The van der Waals surface area contributed by atoms with Crippen molar-refractivity contribution in [2.24, 2.45) is 0 Å². The van der Waals surface area contributed by atoms with Crippen LogP contribution in [0.15, 0.2) is 23.1 Å². The van der Waals surface area contributed by atoms with Gasteiger partial charge in [0.2, 0.25) is 0 Å². The molecule has 2 atom stereocenters. The number of benzene rings is 1. The van der Waals surface area contributed by atoms with E-state index in [1.807, 2.05) is 13.8 Å². The van der Waals surface area contributed by atoms with Crippen molar-refractivity contribution in [2.75, 3.05) is 13.2 Å². The number of amides is 1. The van der Waals surface area contributed by atoms with Crippen LogP contribution in [0.25, 0.3) is 0 Å². The highest BCUT2D eigenvalue weighted by atomic mass is 32.2. The summed E-state index contributed by atoms with van der Waals surface area (Å²) in [6.07, 6.45) is 1.01. The quantitative estimate of drug-likeness (QED) is 0.851. The molecule has 1 saturated heterocycles. The minimum Gasteiger partial charge on any atom is -0.376 e. The molecule has 0 radical (unpaired) electrons. The Hall–Kier alpha value is -1.44.